The van der Waals surface area contributed by atoms with Crippen LogP contribution in [-0.4, -0.2) is 16.2 Å². The summed E-state index contributed by atoms with van der Waals surface area (Å²) in [5.41, 5.74) is 3.60. The molecule has 4 heteroatoms. The number of H-pyrrole nitrogens is 1. The van der Waals surface area contributed by atoms with Crippen LogP contribution in [0.2, 0.25) is 0 Å². The lowest BCUT2D eigenvalue weighted by Gasteiger charge is -2.25. The van der Waals surface area contributed by atoms with Gasteiger partial charge in [-0.3, -0.25) is 5.10 Å². The fourth-order valence-corrected chi connectivity index (χ4v) is 3.21. The summed E-state index contributed by atoms with van der Waals surface area (Å²) in [5, 5.41) is 12.1. The molecular formula is C17H19N3O. The highest BCUT2D eigenvalue weighted by Gasteiger charge is 2.22. The topological polar surface area (TPSA) is 53.9 Å². The van der Waals surface area contributed by atoms with Crippen molar-refractivity contribution >= 4 is 11.0 Å². The molecule has 0 aliphatic heterocycles. The second-order valence-electron chi connectivity index (χ2n) is 5.89. The van der Waals surface area contributed by atoms with Gasteiger partial charge in [0.05, 0.1) is 12.2 Å². The Hall–Kier alpha value is -2.07. The predicted octanol–water partition coefficient (Wildman–Crippen LogP) is 3.36. The van der Waals surface area contributed by atoms with E-state index in [9.17, 15) is 0 Å². The predicted molar refractivity (Wildman–Crippen MR) is 82.2 cm³/mol. The molecule has 2 atom stereocenters. The maximum Gasteiger partial charge on any atom is 0.134 e. The van der Waals surface area contributed by atoms with Gasteiger partial charge < -0.3 is 9.73 Å². The second-order valence-corrected chi connectivity index (χ2v) is 5.89. The van der Waals surface area contributed by atoms with Crippen LogP contribution < -0.4 is 5.32 Å². The number of para-hydroxylation sites is 1. The molecular weight excluding hydrogens is 262 g/mol. The fraction of sp³-hybridized carbons (Fsp3) is 0.353. The van der Waals surface area contributed by atoms with Crippen molar-refractivity contribution in [3.8, 4) is 0 Å². The van der Waals surface area contributed by atoms with Gasteiger partial charge in [-0.05, 0) is 43.9 Å². The van der Waals surface area contributed by atoms with Crippen molar-refractivity contribution in [2.24, 2.45) is 0 Å². The summed E-state index contributed by atoms with van der Waals surface area (Å²) in [6, 6.07) is 11.0. The number of rotatable bonds is 3. The molecule has 0 radical (unpaired) electrons. The number of aryl methyl sites for hydroxylation is 1. The summed E-state index contributed by atoms with van der Waals surface area (Å²) in [4.78, 5) is 0. The normalized spacial score (nSPS) is 19.6. The molecule has 3 aromatic rings. The van der Waals surface area contributed by atoms with Gasteiger partial charge in [0.15, 0.2) is 0 Å². The summed E-state index contributed by atoms with van der Waals surface area (Å²) < 4.78 is 5.94. The van der Waals surface area contributed by atoms with Crippen LogP contribution in [0.5, 0.6) is 0 Å². The molecule has 4 rings (SSSR count). The van der Waals surface area contributed by atoms with Crippen LogP contribution in [0.3, 0.4) is 0 Å². The van der Waals surface area contributed by atoms with E-state index in [1.54, 1.807) is 0 Å². The van der Waals surface area contributed by atoms with Gasteiger partial charge in [0.25, 0.3) is 0 Å². The summed E-state index contributed by atoms with van der Waals surface area (Å²) in [5.74, 6) is 1.01. The third-order valence-electron chi connectivity index (χ3n) is 4.37. The van der Waals surface area contributed by atoms with E-state index in [0.29, 0.717) is 6.04 Å². The van der Waals surface area contributed by atoms with Gasteiger partial charge >= 0.3 is 0 Å². The number of furan rings is 1. The zero-order valence-electron chi connectivity index (χ0n) is 12.1. The largest absolute Gasteiger partial charge is 0.459 e. The maximum atomic E-state index is 5.94. The molecule has 0 saturated heterocycles. The van der Waals surface area contributed by atoms with E-state index in [0.717, 1.165) is 30.6 Å². The van der Waals surface area contributed by atoms with Gasteiger partial charge in [0.1, 0.15) is 11.3 Å². The number of hydrogen-bond acceptors (Lipinski definition) is 3. The third kappa shape index (κ3) is 2.36. The van der Waals surface area contributed by atoms with Crippen LogP contribution >= 0.6 is 0 Å². The number of fused-ring (bicyclic) bond motifs is 2. The minimum Gasteiger partial charge on any atom is -0.459 e. The Morgan fingerprint density at radius 2 is 2.29 bits per heavy atom. The average molecular weight is 281 g/mol. The minimum atomic E-state index is 0.218. The fourth-order valence-electron chi connectivity index (χ4n) is 3.21. The first kappa shape index (κ1) is 12.7. The van der Waals surface area contributed by atoms with E-state index in [1.165, 1.54) is 16.6 Å². The monoisotopic (exact) mass is 281 g/mol. The van der Waals surface area contributed by atoms with Crippen molar-refractivity contribution in [2.45, 2.75) is 38.3 Å². The third-order valence-corrected chi connectivity index (χ3v) is 4.37. The van der Waals surface area contributed by atoms with Gasteiger partial charge in [-0.2, -0.15) is 5.10 Å². The van der Waals surface area contributed by atoms with E-state index in [4.69, 9.17) is 4.42 Å². The van der Waals surface area contributed by atoms with Crippen LogP contribution in [0.1, 0.15) is 36.4 Å². The van der Waals surface area contributed by atoms with Crippen molar-refractivity contribution in [1.29, 1.82) is 0 Å². The highest BCUT2D eigenvalue weighted by molar-refractivity contribution is 5.77. The SMILES string of the molecule is C[C@H](N[C@H]1CCc2[nH]ncc2C1)c1cc2ccccc2o1. The number of hydrogen-bond donors (Lipinski definition) is 2. The Balaban J connectivity index is 1.49. The quantitative estimate of drug-likeness (QED) is 0.774. The molecule has 4 nitrogen and oxygen atoms in total. The van der Waals surface area contributed by atoms with Crippen molar-refractivity contribution in [2.75, 3.05) is 0 Å². The van der Waals surface area contributed by atoms with Crippen LogP contribution in [0, 0.1) is 0 Å². The Labute approximate surface area is 123 Å². The van der Waals surface area contributed by atoms with Crippen LogP contribution in [0.4, 0.5) is 0 Å². The maximum absolute atomic E-state index is 5.94. The first-order valence-corrected chi connectivity index (χ1v) is 7.55. The number of aromatic nitrogens is 2. The van der Waals surface area contributed by atoms with Crippen LogP contribution in [-0.2, 0) is 12.8 Å². The molecule has 0 unspecified atom stereocenters. The van der Waals surface area contributed by atoms with E-state index >= 15 is 0 Å². The van der Waals surface area contributed by atoms with Gasteiger partial charge in [0, 0.05) is 17.1 Å². The van der Waals surface area contributed by atoms with Crippen molar-refractivity contribution in [3.63, 3.8) is 0 Å². The summed E-state index contributed by atoms with van der Waals surface area (Å²) in [7, 11) is 0. The van der Waals surface area contributed by atoms with Crippen molar-refractivity contribution in [1.82, 2.24) is 15.5 Å². The van der Waals surface area contributed by atoms with Gasteiger partial charge in [-0.25, -0.2) is 0 Å². The second kappa shape index (κ2) is 5.04. The van der Waals surface area contributed by atoms with Gasteiger partial charge in [-0.1, -0.05) is 18.2 Å². The number of nitrogens with one attached hydrogen (secondary N) is 2. The molecule has 0 saturated carbocycles. The highest BCUT2D eigenvalue weighted by atomic mass is 16.3. The minimum absolute atomic E-state index is 0.218. The molecule has 1 aliphatic rings. The van der Waals surface area contributed by atoms with Gasteiger partial charge in [0.2, 0.25) is 0 Å². The summed E-state index contributed by atoms with van der Waals surface area (Å²) in [6.07, 6.45) is 5.20. The van der Waals surface area contributed by atoms with E-state index in [2.05, 4.69) is 34.6 Å². The molecule has 0 fully saturated rings. The lowest BCUT2D eigenvalue weighted by Crippen LogP contribution is -2.36. The molecule has 1 aliphatic carbocycles. The van der Waals surface area contributed by atoms with Crippen LogP contribution in [0.25, 0.3) is 11.0 Å². The molecule has 2 heterocycles. The summed E-state index contributed by atoms with van der Waals surface area (Å²) in [6.45, 7) is 2.17. The number of benzene rings is 1. The molecule has 0 bridgehead atoms. The number of nitrogens with zero attached hydrogens (tertiary/aromatic N) is 1. The molecule has 21 heavy (non-hydrogen) atoms. The Kier molecular flexibility index (Phi) is 3.04. The first-order chi connectivity index (χ1) is 10.3. The smallest absolute Gasteiger partial charge is 0.134 e. The molecule has 0 spiro atoms. The zero-order chi connectivity index (χ0) is 14.2. The highest BCUT2D eigenvalue weighted by Crippen LogP contribution is 2.26. The van der Waals surface area contributed by atoms with Gasteiger partial charge in [-0.15, -0.1) is 0 Å². The Bertz CT molecular complexity index is 725. The lowest BCUT2D eigenvalue weighted by atomic mass is 9.93. The van der Waals surface area contributed by atoms with Crippen LogP contribution in [0.15, 0.2) is 40.9 Å². The number of aromatic amines is 1. The van der Waals surface area contributed by atoms with Crippen molar-refractivity contribution in [3.05, 3.63) is 53.5 Å². The molecule has 1 aromatic carbocycles. The van der Waals surface area contributed by atoms with E-state index in [-0.39, 0.29) is 6.04 Å². The average Bonchev–Trinajstić information content (AvgIpc) is 3.13. The Morgan fingerprint density at radius 3 is 3.19 bits per heavy atom. The Morgan fingerprint density at radius 1 is 1.38 bits per heavy atom. The zero-order valence-corrected chi connectivity index (χ0v) is 12.1. The molecule has 108 valence electrons. The molecule has 0 amide bonds. The first-order valence-electron chi connectivity index (χ1n) is 7.55. The lowest BCUT2D eigenvalue weighted by molar-refractivity contribution is 0.373. The standard InChI is InChI=1S/C17H19N3O/c1-11(17-9-12-4-2-3-5-16(12)21-17)19-14-6-7-15-13(8-14)10-18-20-15/h2-5,9-11,14,19H,6-8H2,1H3,(H,18,20)/t11-,14-/m0/s1. The van der Waals surface area contributed by atoms with Crippen molar-refractivity contribution < 1.29 is 4.42 Å². The summed E-state index contributed by atoms with van der Waals surface area (Å²) >= 11 is 0. The van der Waals surface area contributed by atoms with E-state index < -0.39 is 0 Å². The molecule has 2 aromatic heterocycles. The van der Waals surface area contributed by atoms with E-state index in [1.807, 2.05) is 24.4 Å². The molecule has 2 N–H and O–H groups in total.